The van der Waals surface area contributed by atoms with E-state index in [1.165, 1.54) is 23.4 Å². The zero-order valence-electron chi connectivity index (χ0n) is 16.4. The number of pyridine rings is 1. The molecule has 1 fully saturated rings. The van der Waals surface area contributed by atoms with Crippen LogP contribution in [0.15, 0.2) is 58.2 Å². The van der Waals surface area contributed by atoms with Gasteiger partial charge in [0.1, 0.15) is 0 Å². The largest absolute Gasteiger partial charge is 0.339 e. The first-order chi connectivity index (χ1) is 14.4. The van der Waals surface area contributed by atoms with E-state index in [0.717, 1.165) is 5.56 Å². The summed E-state index contributed by atoms with van der Waals surface area (Å²) in [6, 6.07) is 9.79. The van der Waals surface area contributed by atoms with Crippen LogP contribution in [0.3, 0.4) is 0 Å². The lowest BCUT2D eigenvalue weighted by molar-refractivity contribution is -0.114. The van der Waals surface area contributed by atoms with E-state index in [9.17, 15) is 13.2 Å². The van der Waals surface area contributed by atoms with E-state index in [-0.39, 0.29) is 16.7 Å². The number of aromatic nitrogens is 3. The highest BCUT2D eigenvalue weighted by atomic mass is 32.2. The Hall–Kier alpha value is -3.11. The molecule has 0 saturated carbocycles. The van der Waals surface area contributed by atoms with Gasteiger partial charge in [-0.05, 0) is 49.2 Å². The van der Waals surface area contributed by atoms with Gasteiger partial charge in [-0.1, -0.05) is 5.16 Å². The Morgan fingerprint density at radius 3 is 2.40 bits per heavy atom. The summed E-state index contributed by atoms with van der Waals surface area (Å²) in [6.45, 7) is 2.14. The van der Waals surface area contributed by atoms with Gasteiger partial charge in [0.05, 0.1) is 4.90 Å². The predicted octanol–water partition coefficient (Wildman–Crippen LogP) is 2.66. The van der Waals surface area contributed by atoms with E-state index in [0.29, 0.717) is 43.3 Å². The molecular formula is C20H21N5O4S. The van der Waals surface area contributed by atoms with Crippen LogP contribution in [-0.4, -0.2) is 46.8 Å². The maximum Gasteiger partial charge on any atom is 0.243 e. The molecular weight excluding hydrogens is 406 g/mol. The van der Waals surface area contributed by atoms with Crippen molar-refractivity contribution in [2.24, 2.45) is 0 Å². The number of nitrogens with zero attached hydrogens (tertiary/aromatic N) is 4. The molecule has 1 N–H and O–H groups in total. The van der Waals surface area contributed by atoms with Gasteiger partial charge in [-0.15, -0.1) is 0 Å². The first-order valence-electron chi connectivity index (χ1n) is 9.55. The van der Waals surface area contributed by atoms with Crippen molar-refractivity contribution in [3.05, 3.63) is 54.7 Å². The van der Waals surface area contributed by atoms with Crippen LogP contribution >= 0.6 is 0 Å². The number of sulfonamides is 1. The molecule has 9 nitrogen and oxygen atoms in total. The maximum atomic E-state index is 12.9. The number of anilines is 1. The van der Waals surface area contributed by atoms with Crippen molar-refractivity contribution in [3.8, 4) is 11.4 Å². The van der Waals surface area contributed by atoms with Gasteiger partial charge in [-0.3, -0.25) is 9.78 Å². The molecule has 1 amide bonds. The Morgan fingerprint density at radius 2 is 1.77 bits per heavy atom. The molecule has 0 radical (unpaired) electrons. The van der Waals surface area contributed by atoms with Crippen LogP contribution in [0.4, 0.5) is 5.69 Å². The van der Waals surface area contributed by atoms with Crippen molar-refractivity contribution in [2.45, 2.75) is 30.6 Å². The number of carbonyl (C=O) groups excluding carboxylic acids is 1. The minimum atomic E-state index is -3.60. The third-order valence-electron chi connectivity index (χ3n) is 5.00. The fraction of sp³-hybridized carbons (Fsp3) is 0.300. The van der Waals surface area contributed by atoms with Gasteiger partial charge >= 0.3 is 0 Å². The summed E-state index contributed by atoms with van der Waals surface area (Å²) in [4.78, 5) is 19.8. The first kappa shape index (κ1) is 20.2. The van der Waals surface area contributed by atoms with Crippen LogP contribution < -0.4 is 5.32 Å². The third-order valence-corrected chi connectivity index (χ3v) is 6.91. The lowest BCUT2D eigenvalue weighted by atomic mass is 9.98. The van der Waals surface area contributed by atoms with Crippen molar-refractivity contribution < 1.29 is 17.7 Å². The molecule has 2 aromatic heterocycles. The summed E-state index contributed by atoms with van der Waals surface area (Å²) in [5.41, 5.74) is 1.38. The zero-order valence-corrected chi connectivity index (χ0v) is 17.2. The highest BCUT2D eigenvalue weighted by molar-refractivity contribution is 7.89. The van der Waals surface area contributed by atoms with Gasteiger partial charge in [0.25, 0.3) is 0 Å². The van der Waals surface area contributed by atoms with Crippen LogP contribution in [-0.2, 0) is 14.8 Å². The second kappa shape index (κ2) is 8.33. The fourth-order valence-corrected chi connectivity index (χ4v) is 4.89. The van der Waals surface area contributed by atoms with Crippen LogP contribution in [0, 0.1) is 0 Å². The van der Waals surface area contributed by atoms with E-state index < -0.39 is 10.0 Å². The minimum absolute atomic E-state index is 0.0154. The monoisotopic (exact) mass is 427 g/mol. The summed E-state index contributed by atoms with van der Waals surface area (Å²) < 4.78 is 32.8. The van der Waals surface area contributed by atoms with E-state index in [1.807, 2.05) is 0 Å². The van der Waals surface area contributed by atoms with Crippen molar-refractivity contribution in [3.63, 3.8) is 0 Å². The number of amides is 1. The second-order valence-corrected chi connectivity index (χ2v) is 9.01. The van der Waals surface area contributed by atoms with Crippen LogP contribution in [0.25, 0.3) is 11.4 Å². The number of nitrogens with one attached hydrogen (secondary N) is 1. The fourth-order valence-electron chi connectivity index (χ4n) is 3.42. The van der Waals surface area contributed by atoms with Crippen molar-refractivity contribution >= 4 is 21.6 Å². The molecule has 1 saturated heterocycles. The Morgan fingerprint density at radius 1 is 1.10 bits per heavy atom. The molecule has 0 atom stereocenters. The highest BCUT2D eigenvalue weighted by Gasteiger charge is 2.32. The number of hydrogen-bond donors (Lipinski definition) is 1. The number of carbonyl (C=O) groups is 1. The topological polar surface area (TPSA) is 118 Å². The zero-order chi connectivity index (χ0) is 21.1. The molecule has 1 aliphatic rings. The van der Waals surface area contributed by atoms with Gasteiger partial charge < -0.3 is 9.84 Å². The minimum Gasteiger partial charge on any atom is -0.339 e. The maximum absolute atomic E-state index is 12.9. The summed E-state index contributed by atoms with van der Waals surface area (Å²) in [5, 5.41) is 6.66. The Bertz CT molecular complexity index is 1120. The van der Waals surface area contributed by atoms with Crippen LogP contribution in [0.2, 0.25) is 0 Å². The molecule has 3 heterocycles. The predicted molar refractivity (Wildman–Crippen MR) is 109 cm³/mol. The van der Waals surface area contributed by atoms with Crippen LogP contribution in [0.1, 0.15) is 31.6 Å². The van der Waals surface area contributed by atoms with E-state index in [2.05, 4.69) is 20.4 Å². The molecule has 1 aliphatic heterocycles. The summed E-state index contributed by atoms with van der Waals surface area (Å²) in [5.74, 6) is 0.836. The molecule has 0 spiro atoms. The van der Waals surface area contributed by atoms with Crippen molar-refractivity contribution in [1.82, 2.24) is 19.4 Å². The number of hydrogen-bond acceptors (Lipinski definition) is 7. The molecule has 10 heteroatoms. The smallest absolute Gasteiger partial charge is 0.243 e. The standard InChI is InChI=1S/C20H21N5O4S/c1-14(26)22-17-2-4-18(5-3-17)30(27,28)25-12-8-16(9-13-25)20-23-19(24-29-20)15-6-10-21-11-7-15/h2-7,10-11,16H,8-9,12-13H2,1H3,(H,22,26). The van der Waals surface area contributed by atoms with Gasteiger partial charge in [0.2, 0.25) is 27.6 Å². The van der Waals surface area contributed by atoms with E-state index in [1.54, 1.807) is 36.7 Å². The third kappa shape index (κ3) is 4.24. The molecule has 1 aromatic carbocycles. The SMILES string of the molecule is CC(=O)Nc1ccc(S(=O)(=O)N2CCC(c3nc(-c4ccncc4)no3)CC2)cc1. The summed E-state index contributed by atoms with van der Waals surface area (Å²) in [6.07, 6.45) is 4.53. The first-order valence-corrected chi connectivity index (χ1v) is 11.0. The second-order valence-electron chi connectivity index (χ2n) is 7.08. The Kier molecular flexibility index (Phi) is 5.60. The summed E-state index contributed by atoms with van der Waals surface area (Å²) in [7, 11) is -3.60. The Balaban J connectivity index is 1.41. The van der Waals surface area contributed by atoms with Gasteiger partial charge in [0.15, 0.2) is 0 Å². The lowest BCUT2D eigenvalue weighted by Crippen LogP contribution is -2.37. The van der Waals surface area contributed by atoms with Gasteiger partial charge in [-0.2, -0.15) is 9.29 Å². The molecule has 156 valence electrons. The van der Waals surface area contributed by atoms with E-state index in [4.69, 9.17) is 4.52 Å². The molecule has 4 rings (SSSR count). The quantitative estimate of drug-likeness (QED) is 0.665. The number of benzene rings is 1. The highest BCUT2D eigenvalue weighted by Crippen LogP contribution is 2.31. The average molecular weight is 427 g/mol. The molecule has 0 bridgehead atoms. The number of rotatable bonds is 5. The van der Waals surface area contributed by atoms with Crippen LogP contribution in [0.5, 0.6) is 0 Å². The number of piperidine rings is 1. The molecule has 3 aromatic rings. The Labute approximate surface area is 174 Å². The normalized spacial score (nSPS) is 15.8. The van der Waals surface area contributed by atoms with E-state index >= 15 is 0 Å². The summed E-state index contributed by atoms with van der Waals surface area (Å²) >= 11 is 0. The molecule has 0 aliphatic carbocycles. The van der Waals surface area contributed by atoms with Gasteiger partial charge in [-0.25, -0.2) is 8.42 Å². The molecule has 0 unspecified atom stereocenters. The lowest BCUT2D eigenvalue weighted by Gasteiger charge is -2.29. The van der Waals surface area contributed by atoms with Gasteiger partial charge in [0, 0.05) is 49.6 Å². The molecule has 30 heavy (non-hydrogen) atoms. The van der Waals surface area contributed by atoms with Crippen molar-refractivity contribution in [1.29, 1.82) is 0 Å². The average Bonchev–Trinajstić information content (AvgIpc) is 3.25. The van der Waals surface area contributed by atoms with Crippen molar-refractivity contribution in [2.75, 3.05) is 18.4 Å².